The van der Waals surface area contributed by atoms with Gasteiger partial charge in [0.25, 0.3) is 5.91 Å². The second-order valence-corrected chi connectivity index (χ2v) is 7.97. The molecule has 4 nitrogen and oxygen atoms in total. The average molecular weight is 445 g/mol. The molecule has 0 atom stereocenters. The number of hydrogen-bond acceptors (Lipinski definition) is 3. The summed E-state index contributed by atoms with van der Waals surface area (Å²) < 4.78 is 9.76. The Balaban J connectivity index is 1.96. The first-order chi connectivity index (χ1) is 13.1. The molecule has 0 bridgehead atoms. The van der Waals surface area contributed by atoms with Gasteiger partial charge >= 0.3 is 0 Å². The number of ether oxygens (including phenoxy) is 1. The van der Waals surface area contributed by atoms with Gasteiger partial charge in [-0.05, 0) is 42.8 Å². The maximum Gasteiger partial charge on any atom is 0.279 e. The highest BCUT2D eigenvalue weighted by atomic mass is 79.9. The van der Waals surface area contributed by atoms with Gasteiger partial charge in [0.15, 0.2) is 4.80 Å². The van der Waals surface area contributed by atoms with E-state index in [1.807, 2.05) is 34.9 Å². The number of thiazole rings is 1. The van der Waals surface area contributed by atoms with Crippen LogP contribution in [0, 0.1) is 0 Å². The quantitative estimate of drug-likeness (QED) is 0.353. The maximum atomic E-state index is 12.7. The first-order valence-corrected chi connectivity index (χ1v) is 10.4. The molecule has 0 fully saturated rings. The lowest BCUT2D eigenvalue weighted by molar-refractivity contribution is 0.0997. The summed E-state index contributed by atoms with van der Waals surface area (Å²) in [5.74, 6) is 0.420. The van der Waals surface area contributed by atoms with E-state index in [2.05, 4.69) is 34.4 Å². The van der Waals surface area contributed by atoms with E-state index < -0.39 is 0 Å². The van der Waals surface area contributed by atoms with Crippen LogP contribution in [0.5, 0.6) is 5.75 Å². The molecular weight excluding hydrogens is 424 g/mol. The van der Waals surface area contributed by atoms with Crippen LogP contribution in [0.15, 0.2) is 64.6 Å². The maximum absolute atomic E-state index is 12.7. The van der Waals surface area contributed by atoms with Crippen LogP contribution in [-0.2, 0) is 6.54 Å². The highest BCUT2D eigenvalue weighted by Crippen LogP contribution is 2.22. The van der Waals surface area contributed by atoms with Crippen LogP contribution in [0.4, 0.5) is 0 Å². The van der Waals surface area contributed by atoms with Crippen molar-refractivity contribution >= 4 is 43.4 Å². The fourth-order valence-electron chi connectivity index (χ4n) is 2.64. The molecule has 1 aromatic heterocycles. The van der Waals surface area contributed by atoms with Gasteiger partial charge in [0.1, 0.15) is 5.75 Å². The monoisotopic (exact) mass is 444 g/mol. The highest BCUT2D eigenvalue weighted by molar-refractivity contribution is 9.10. The number of nitrogens with zero attached hydrogens (tertiary/aromatic N) is 2. The molecule has 0 radical (unpaired) electrons. The van der Waals surface area contributed by atoms with E-state index in [-0.39, 0.29) is 5.91 Å². The second kappa shape index (κ2) is 9.15. The van der Waals surface area contributed by atoms with Crippen molar-refractivity contribution < 1.29 is 9.53 Å². The standard InChI is InChI=1S/C21H21BrN2O2S/c1-3-5-12-26-17-8-6-7-15(13-17)20(25)23-21-24(11-4-2)18-10-9-16(22)14-19(18)27-21/h4,6-10,13-14H,2-3,5,11-12H2,1H3. The van der Waals surface area contributed by atoms with Crippen LogP contribution in [0.25, 0.3) is 10.2 Å². The molecule has 1 amide bonds. The van der Waals surface area contributed by atoms with Gasteiger partial charge in [0.05, 0.1) is 16.8 Å². The fraction of sp³-hybridized carbons (Fsp3) is 0.238. The minimum Gasteiger partial charge on any atom is -0.494 e. The number of aromatic nitrogens is 1. The third kappa shape index (κ3) is 4.76. The number of allylic oxidation sites excluding steroid dienone is 1. The Morgan fingerprint density at radius 1 is 1.33 bits per heavy atom. The van der Waals surface area contributed by atoms with Gasteiger partial charge in [0, 0.05) is 16.6 Å². The number of fused-ring (bicyclic) bond motifs is 1. The van der Waals surface area contributed by atoms with Crippen molar-refractivity contribution in [3.05, 3.63) is 70.0 Å². The minimum atomic E-state index is -0.278. The number of carbonyl (C=O) groups is 1. The van der Waals surface area contributed by atoms with E-state index in [9.17, 15) is 4.79 Å². The molecule has 3 aromatic rings. The first kappa shape index (κ1) is 19.6. The summed E-state index contributed by atoms with van der Waals surface area (Å²) in [4.78, 5) is 17.8. The van der Waals surface area contributed by atoms with E-state index >= 15 is 0 Å². The normalized spacial score (nSPS) is 11.7. The van der Waals surface area contributed by atoms with Crippen molar-refractivity contribution in [2.24, 2.45) is 4.99 Å². The first-order valence-electron chi connectivity index (χ1n) is 8.84. The summed E-state index contributed by atoms with van der Waals surface area (Å²) in [5.41, 5.74) is 1.55. The van der Waals surface area contributed by atoms with Gasteiger partial charge in [-0.3, -0.25) is 4.79 Å². The van der Waals surface area contributed by atoms with Crippen LogP contribution in [-0.4, -0.2) is 17.1 Å². The van der Waals surface area contributed by atoms with Crippen molar-refractivity contribution in [2.45, 2.75) is 26.3 Å². The summed E-state index contributed by atoms with van der Waals surface area (Å²) in [6.45, 7) is 7.17. The van der Waals surface area contributed by atoms with Crippen LogP contribution < -0.4 is 9.54 Å². The Labute approximate surface area is 171 Å². The van der Waals surface area contributed by atoms with E-state index in [1.165, 1.54) is 11.3 Å². The molecule has 0 aliphatic rings. The molecule has 27 heavy (non-hydrogen) atoms. The lowest BCUT2D eigenvalue weighted by Gasteiger charge is -2.06. The van der Waals surface area contributed by atoms with Gasteiger partial charge in [-0.25, -0.2) is 0 Å². The Bertz CT molecular complexity index is 1040. The number of amides is 1. The van der Waals surface area contributed by atoms with E-state index in [0.29, 0.717) is 29.3 Å². The minimum absolute atomic E-state index is 0.278. The van der Waals surface area contributed by atoms with Crippen LogP contribution in [0.1, 0.15) is 30.1 Å². The molecular formula is C21H21BrN2O2S. The number of carbonyl (C=O) groups excluding carboxylic acids is 1. The summed E-state index contributed by atoms with van der Waals surface area (Å²) in [6.07, 6.45) is 3.86. The molecule has 3 rings (SSSR count). The molecule has 6 heteroatoms. The fourth-order valence-corrected chi connectivity index (χ4v) is 4.23. The number of hydrogen-bond donors (Lipinski definition) is 0. The zero-order valence-corrected chi connectivity index (χ0v) is 17.6. The average Bonchev–Trinajstić information content (AvgIpc) is 2.99. The van der Waals surface area contributed by atoms with E-state index in [4.69, 9.17) is 4.74 Å². The van der Waals surface area contributed by atoms with Gasteiger partial charge in [0.2, 0.25) is 0 Å². The van der Waals surface area contributed by atoms with Gasteiger partial charge in [-0.15, -0.1) is 6.58 Å². The van der Waals surface area contributed by atoms with Crippen molar-refractivity contribution in [3.8, 4) is 5.75 Å². The van der Waals surface area contributed by atoms with E-state index in [1.54, 1.807) is 18.2 Å². The topological polar surface area (TPSA) is 43.6 Å². The van der Waals surface area contributed by atoms with Gasteiger partial charge < -0.3 is 9.30 Å². The second-order valence-electron chi connectivity index (χ2n) is 6.04. The molecule has 0 spiro atoms. The largest absolute Gasteiger partial charge is 0.494 e. The van der Waals surface area contributed by atoms with Gasteiger partial charge in [-0.2, -0.15) is 4.99 Å². The van der Waals surface area contributed by atoms with Crippen LogP contribution in [0.3, 0.4) is 0 Å². The Kier molecular flexibility index (Phi) is 6.63. The summed E-state index contributed by atoms with van der Waals surface area (Å²) in [5, 5.41) is 0. The molecule has 0 N–H and O–H groups in total. The molecule has 0 aliphatic carbocycles. The number of halogens is 1. The zero-order chi connectivity index (χ0) is 19.2. The molecule has 0 aliphatic heterocycles. The van der Waals surface area contributed by atoms with Crippen molar-refractivity contribution in [2.75, 3.05) is 6.61 Å². The Hall–Kier alpha value is -2.18. The van der Waals surface area contributed by atoms with Crippen LogP contribution >= 0.6 is 27.3 Å². The Morgan fingerprint density at radius 2 is 2.19 bits per heavy atom. The van der Waals surface area contributed by atoms with E-state index in [0.717, 1.165) is 27.5 Å². The lowest BCUT2D eigenvalue weighted by atomic mass is 10.2. The molecule has 1 heterocycles. The zero-order valence-electron chi connectivity index (χ0n) is 15.2. The summed E-state index contributed by atoms with van der Waals surface area (Å²) in [7, 11) is 0. The van der Waals surface area contributed by atoms with Gasteiger partial charge in [-0.1, -0.05) is 52.8 Å². The van der Waals surface area contributed by atoms with Crippen molar-refractivity contribution in [3.63, 3.8) is 0 Å². The number of benzene rings is 2. The SMILES string of the molecule is C=CCn1c(=NC(=O)c2cccc(OCCCC)c2)sc2cc(Br)ccc21. The number of rotatable bonds is 7. The lowest BCUT2D eigenvalue weighted by Crippen LogP contribution is -2.16. The highest BCUT2D eigenvalue weighted by Gasteiger charge is 2.10. The van der Waals surface area contributed by atoms with Crippen LogP contribution in [0.2, 0.25) is 0 Å². The third-order valence-corrected chi connectivity index (χ3v) is 5.54. The molecule has 0 saturated heterocycles. The van der Waals surface area contributed by atoms with Crippen molar-refractivity contribution in [1.82, 2.24) is 4.57 Å². The number of unbranched alkanes of at least 4 members (excludes halogenated alkanes) is 1. The molecule has 0 saturated carbocycles. The molecule has 2 aromatic carbocycles. The molecule has 0 unspecified atom stereocenters. The third-order valence-electron chi connectivity index (χ3n) is 4.00. The summed E-state index contributed by atoms with van der Waals surface area (Å²) in [6, 6.07) is 13.2. The molecule has 140 valence electrons. The predicted octanol–water partition coefficient (Wildman–Crippen LogP) is 5.57. The summed E-state index contributed by atoms with van der Waals surface area (Å²) >= 11 is 4.98. The van der Waals surface area contributed by atoms with Crippen molar-refractivity contribution in [1.29, 1.82) is 0 Å². The predicted molar refractivity (Wildman–Crippen MR) is 114 cm³/mol. The Morgan fingerprint density at radius 3 is 2.96 bits per heavy atom. The smallest absolute Gasteiger partial charge is 0.279 e.